The van der Waals surface area contributed by atoms with Crippen LogP contribution in [0.5, 0.6) is 0 Å². The van der Waals surface area contributed by atoms with E-state index in [2.05, 4.69) is 10.3 Å². The van der Waals surface area contributed by atoms with Gasteiger partial charge in [-0.2, -0.15) is 0 Å². The summed E-state index contributed by atoms with van der Waals surface area (Å²) in [7, 11) is 3.92. The minimum atomic E-state index is -0.0962. The SMILES string of the molecule is CN(C)c1cccc(C(=O)Nc2nc3c(s2)CCC3)c1. The highest BCUT2D eigenvalue weighted by atomic mass is 32.1. The van der Waals surface area contributed by atoms with Gasteiger partial charge in [-0.25, -0.2) is 4.98 Å². The Morgan fingerprint density at radius 3 is 2.95 bits per heavy atom. The van der Waals surface area contributed by atoms with Crippen molar-refractivity contribution in [1.29, 1.82) is 0 Å². The van der Waals surface area contributed by atoms with Crippen LogP contribution in [0.2, 0.25) is 0 Å². The van der Waals surface area contributed by atoms with E-state index in [0.717, 1.165) is 29.4 Å². The zero-order valence-electron chi connectivity index (χ0n) is 11.6. The molecule has 1 aliphatic carbocycles. The summed E-state index contributed by atoms with van der Waals surface area (Å²) in [6.07, 6.45) is 3.32. The second kappa shape index (κ2) is 5.25. The Hall–Kier alpha value is -1.88. The van der Waals surface area contributed by atoms with E-state index in [1.807, 2.05) is 43.3 Å². The molecule has 3 rings (SSSR count). The molecule has 4 nitrogen and oxygen atoms in total. The van der Waals surface area contributed by atoms with E-state index in [4.69, 9.17) is 0 Å². The predicted molar refractivity (Wildman–Crippen MR) is 82.9 cm³/mol. The van der Waals surface area contributed by atoms with E-state index in [-0.39, 0.29) is 5.91 Å². The minimum Gasteiger partial charge on any atom is -0.378 e. The molecule has 1 aromatic carbocycles. The molecule has 0 atom stereocenters. The largest absolute Gasteiger partial charge is 0.378 e. The molecule has 1 heterocycles. The van der Waals surface area contributed by atoms with Crippen molar-refractivity contribution in [1.82, 2.24) is 4.98 Å². The normalized spacial score (nSPS) is 13.1. The third-order valence-electron chi connectivity index (χ3n) is 3.44. The van der Waals surface area contributed by atoms with E-state index in [0.29, 0.717) is 5.56 Å². The third kappa shape index (κ3) is 2.54. The monoisotopic (exact) mass is 287 g/mol. The van der Waals surface area contributed by atoms with E-state index >= 15 is 0 Å². The number of carbonyl (C=O) groups is 1. The molecule has 0 fully saturated rings. The van der Waals surface area contributed by atoms with Crippen molar-refractivity contribution in [2.24, 2.45) is 0 Å². The number of benzene rings is 1. The second-order valence-corrected chi connectivity index (χ2v) is 6.22. The highest BCUT2D eigenvalue weighted by molar-refractivity contribution is 7.15. The molecule has 1 N–H and O–H groups in total. The van der Waals surface area contributed by atoms with E-state index in [1.54, 1.807) is 11.3 Å². The average molecular weight is 287 g/mol. The number of hydrogen-bond donors (Lipinski definition) is 1. The number of hydrogen-bond acceptors (Lipinski definition) is 4. The van der Waals surface area contributed by atoms with Crippen molar-refractivity contribution >= 4 is 28.1 Å². The average Bonchev–Trinajstić information content (AvgIpc) is 2.99. The Morgan fingerprint density at radius 1 is 1.35 bits per heavy atom. The van der Waals surface area contributed by atoms with Crippen LogP contribution in [0, 0.1) is 0 Å². The van der Waals surface area contributed by atoms with Crippen molar-refractivity contribution in [3.63, 3.8) is 0 Å². The highest BCUT2D eigenvalue weighted by Gasteiger charge is 2.18. The molecule has 0 spiro atoms. The molecular formula is C15H17N3OS. The van der Waals surface area contributed by atoms with E-state index < -0.39 is 0 Å². The molecule has 104 valence electrons. The topological polar surface area (TPSA) is 45.2 Å². The fourth-order valence-corrected chi connectivity index (χ4v) is 3.38. The number of amides is 1. The third-order valence-corrected chi connectivity index (χ3v) is 4.51. The standard InChI is InChI=1S/C15H17N3OS/c1-18(2)11-6-3-5-10(9-11)14(19)17-15-16-12-7-4-8-13(12)20-15/h3,5-6,9H,4,7-8H2,1-2H3,(H,16,17,19). The molecule has 0 unspecified atom stereocenters. The van der Waals surface area contributed by atoms with Crippen LogP contribution in [-0.4, -0.2) is 25.0 Å². The molecule has 1 aliphatic rings. The van der Waals surface area contributed by atoms with Crippen molar-refractivity contribution in [3.8, 4) is 0 Å². The smallest absolute Gasteiger partial charge is 0.257 e. The van der Waals surface area contributed by atoms with Crippen LogP contribution in [0.25, 0.3) is 0 Å². The number of carbonyl (C=O) groups excluding carboxylic acids is 1. The first-order valence-corrected chi connectivity index (χ1v) is 7.52. The number of anilines is 2. The van der Waals surface area contributed by atoms with Gasteiger partial charge >= 0.3 is 0 Å². The summed E-state index contributed by atoms with van der Waals surface area (Å²) >= 11 is 1.60. The maximum Gasteiger partial charge on any atom is 0.257 e. The van der Waals surface area contributed by atoms with Gasteiger partial charge < -0.3 is 4.90 Å². The number of thiazole rings is 1. The maximum atomic E-state index is 12.3. The summed E-state index contributed by atoms with van der Waals surface area (Å²) in [6.45, 7) is 0. The van der Waals surface area contributed by atoms with Crippen molar-refractivity contribution in [2.45, 2.75) is 19.3 Å². The predicted octanol–water partition coefficient (Wildman–Crippen LogP) is 2.95. The maximum absolute atomic E-state index is 12.3. The lowest BCUT2D eigenvalue weighted by molar-refractivity contribution is 0.102. The first-order valence-electron chi connectivity index (χ1n) is 6.71. The van der Waals surface area contributed by atoms with Crippen LogP contribution < -0.4 is 10.2 Å². The van der Waals surface area contributed by atoms with Gasteiger partial charge in [0.2, 0.25) is 0 Å². The zero-order chi connectivity index (χ0) is 14.1. The number of nitrogens with one attached hydrogen (secondary N) is 1. The van der Waals surface area contributed by atoms with Crippen LogP contribution in [0.3, 0.4) is 0 Å². The Morgan fingerprint density at radius 2 is 2.20 bits per heavy atom. The van der Waals surface area contributed by atoms with Gasteiger partial charge in [-0.1, -0.05) is 6.07 Å². The Bertz CT molecular complexity index is 627. The van der Waals surface area contributed by atoms with Gasteiger partial charge in [-0.3, -0.25) is 10.1 Å². The highest BCUT2D eigenvalue weighted by Crippen LogP contribution is 2.30. The van der Waals surface area contributed by atoms with Gasteiger partial charge in [-0.15, -0.1) is 11.3 Å². The number of aryl methyl sites for hydroxylation is 2. The first kappa shape index (κ1) is 13.1. The molecule has 5 heteroatoms. The molecule has 0 saturated carbocycles. The molecule has 0 saturated heterocycles. The van der Waals surface area contributed by atoms with Gasteiger partial charge in [0.25, 0.3) is 5.91 Å². The summed E-state index contributed by atoms with van der Waals surface area (Å²) in [5.74, 6) is -0.0962. The Balaban J connectivity index is 1.77. The van der Waals surface area contributed by atoms with Crippen LogP contribution in [0.15, 0.2) is 24.3 Å². The van der Waals surface area contributed by atoms with Crippen LogP contribution in [0.1, 0.15) is 27.3 Å². The number of rotatable bonds is 3. The zero-order valence-corrected chi connectivity index (χ0v) is 12.5. The first-order chi connectivity index (χ1) is 9.63. The summed E-state index contributed by atoms with van der Waals surface area (Å²) < 4.78 is 0. The molecule has 20 heavy (non-hydrogen) atoms. The Labute approximate surface area is 122 Å². The van der Waals surface area contributed by atoms with E-state index in [1.165, 1.54) is 11.3 Å². The molecule has 0 aliphatic heterocycles. The van der Waals surface area contributed by atoms with Crippen LogP contribution in [0.4, 0.5) is 10.8 Å². The number of aromatic nitrogens is 1. The van der Waals surface area contributed by atoms with Gasteiger partial charge in [-0.05, 0) is 37.5 Å². The quantitative estimate of drug-likeness (QED) is 0.944. The molecule has 0 radical (unpaired) electrons. The van der Waals surface area contributed by atoms with Crippen LogP contribution in [-0.2, 0) is 12.8 Å². The number of fused-ring (bicyclic) bond motifs is 1. The van der Waals surface area contributed by atoms with Crippen LogP contribution >= 0.6 is 11.3 Å². The molecular weight excluding hydrogens is 270 g/mol. The summed E-state index contributed by atoms with van der Waals surface area (Å²) in [4.78, 5) is 20.0. The van der Waals surface area contributed by atoms with Crippen molar-refractivity contribution in [3.05, 3.63) is 40.4 Å². The summed E-state index contributed by atoms with van der Waals surface area (Å²) in [5, 5.41) is 3.62. The lowest BCUT2D eigenvalue weighted by Crippen LogP contribution is -2.14. The van der Waals surface area contributed by atoms with E-state index in [9.17, 15) is 4.79 Å². The van der Waals surface area contributed by atoms with Gasteiger partial charge in [0.05, 0.1) is 5.69 Å². The summed E-state index contributed by atoms with van der Waals surface area (Å²) in [6, 6.07) is 7.58. The van der Waals surface area contributed by atoms with Crippen molar-refractivity contribution in [2.75, 3.05) is 24.3 Å². The molecule has 1 aromatic heterocycles. The lowest BCUT2D eigenvalue weighted by atomic mass is 10.2. The number of nitrogens with zero attached hydrogens (tertiary/aromatic N) is 2. The molecule has 0 bridgehead atoms. The Kier molecular flexibility index (Phi) is 3.44. The second-order valence-electron chi connectivity index (χ2n) is 5.14. The van der Waals surface area contributed by atoms with Gasteiger partial charge in [0, 0.05) is 30.2 Å². The van der Waals surface area contributed by atoms with Crippen molar-refractivity contribution < 1.29 is 4.79 Å². The molecule has 2 aromatic rings. The molecule has 1 amide bonds. The van der Waals surface area contributed by atoms with Gasteiger partial charge in [0.1, 0.15) is 0 Å². The fourth-order valence-electron chi connectivity index (χ4n) is 2.34. The van der Waals surface area contributed by atoms with Gasteiger partial charge in [0.15, 0.2) is 5.13 Å². The fraction of sp³-hybridized carbons (Fsp3) is 0.333. The minimum absolute atomic E-state index is 0.0962. The lowest BCUT2D eigenvalue weighted by Gasteiger charge is -2.13. The summed E-state index contributed by atoms with van der Waals surface area (Å²) in [5.41, 5.74) is 2.83.